The number of nitrogens with zero attached hydrogens (tertiary/aromatic N) is 1. The third-order valence-electron chi connectivity index (χ3n) is 4.57. The quantitative estimate of drug-likeness (QED) is 0.920. The van der Waals surface area contributed by atoms with Crippen LogP contribution >= 0.6 is 11.8 Å². The van der Waals surface area contributed by atoms with Crippen molar-refractivity contribution in [2.24, 2.45) is 5.73 Å². The average Bonchev–Trinajstić information content (AvgIpc) is 2.85. The predicted octanol–water partition coefficient (Wildman–Crippen LogP) is 1.94. The summed E-state index contributed by atoms with van der Waals surface area (Å²) in [6.07, 6.45) is 0.819. The summed E-state index contributed by atoms with van der Waals surface area (Å²) in [5, 5.41) is -0.371. The zero-order valence-electron chi connectivity index (χ0n) is 12.2. The normalized spacial score (nSPS) is 30.3. The summed E-state index contributed by atoms with van der Waals surface area (Å²) in [5.74, 6) is 1.86. The lowest BCUT2D eigenvalue weighted by Crippen LogP contribution is -2.49. The van der Waals surface area contributed by atoms with Gasteiger partial charge in [-0.1, -0.05) is 31.2 Å². The van der Waals surface area contributed by atoms with Crippen LogP contribution < -0.4 is 5.73 Å². The second-order valence-corrected chi connectivity index (χ2v) is 9.30. The monoisotopic (exact) mass is 326 g/mol. The molecule has 0 amide bonds. The van der Waals surface area contributed by atoms with Crippen molar-refractivity contribution >= 4 is 21.6 Å². The average molecular weight is 326 g/mol. The zero-order chi connectivity index (χ0) is 15.0. The smallest absolute Gasteiger partial charge is 0.166 e. The number of thioether (sulfide) groups is 1. The van der Waals surface area contributed by atoms with Crippen molar-refractivity contribution in [3.05, 3.63) is 35.4 Å². The lowest BCUT2D eigenvalue weighted by atomic mass is 10.1. The fourth-order valence-corrected chi connectivity index (χ4v) is 6.48. The number of hydrogen-bond acceptors (Lipinski definition) is 5. The maximum atomic E-state index is 12.4. The van der Waals surface area contributed by atoms with Gasteiger partial charge in [-0.05, 0) is 17.5 Å². The van der Waals surface area contributed by atoms with Crippen LogP contribution in [0.2, 0.25) is 0 Å². The molecule has 1 aliphatic heterocycles. The Morgan fingerprint density at radius 2 is 2.05 bits per heavy atom. The van der Waals surface area contributed by atoms with Gasteiger partial charge in [0.25, 0.3) is 0 Å². The van der Waals surface area contributed by atoms with Crippen molar-refractivity contribution in [1.82, 2.24) is 4.90 Å². The molecule has 1 aromatic rings. The summed E-state index contributed by atoms with van der Waals surface area (Å²) in [6.45, 7) is 2.56. The van der Waals surface area contributed by atoms with Crippen LogP contribution in [0.4, 0.5) is 0 Å². The van der Waals surface area contributed by atoms with E-state index in [1.54, 1.807) is 18.7 Å². The van der Waals surface area contributed by atoms with Crippen molar-refractivity contribution in [1.29, 1.82) is 0 Å². The molecule has 1 fully saturated rings. The molecule has 1 aliphatic carbocycles. The molecule has 3 atom stereocenters. The second kappa shape index (κ2) is 5.91. The Kier molecular flexibility index (Phi) is 4.32. The first-order valence-electron chi connectivity index (χ1n) is 7.44. The van der Waals surface area contributed by atoms with Crippen molar-refractivity contribution in [3.63, 3.8) is 0 Å². The Bertz CT molecular complexity index is 618. The number of fused-ring (bicyclic) bond motifs is 1. The Balaban J connectivity index is 1.95. The highest BCUT2D eigenvalue weighted by atomic mass is 32.2. The van der Waals surface area contributed by atoms with Gasteiger partial charge < -0.3 is 5.73 Å². The summed E-state index contributed by atoms with van der Waals surface area (Å²) in [4.78, 5) is 2.18. The third-order valence-corrected chi connectivity index (χ3v) is 7.88. The lowest BCUT2D eigenvalue weighted by Gasteiger charge is -2.39. The van der Waals surface area contributed by atoms with Gasteiger partial charge in [0.2, 0.25) is 0 Å². The van der Waals surface area contributed by atoms with E-state index in [0.717, 1.165) is 18.7 Å². The van der Waals surface area contributed by atoms with Crippen LogP contribution in [0.25, 0.3) is 0 Å². The molecule has 2 aliphatic rings. The molecule has 0 saturated carbocycles. The molecule has 116 valence electrons. The standard InChI is InChI=1S/C15H22N2O2S2/c1-2-21(18,19)15-10-20-8-7-17(15)14-9-13(16)11-5-3-4-6-12(11)14/h3-6,13-15H,2,7-10,16H2,1H3. The SMILES string of the molecule is CCS(=O)(=O)C1CSCCN1C1CC(N)c2ccccc21. The molecule has 1 heterocycles. The second-order valence-electron chi connectivity index (χ2n) is 5.71. The highest BCUT2D eigenvalue weighted by Gasteiger charge is 2.41. The van der Waals surface area contributed by atoms with Gasteiger partial charge in [-0.2, -0.15) is 11.8 Å². The van der Waals surface area contributed by atoms with Gasteiger partial charge in [0.1, 0.15) is 5.37 Å². The van der Waals surface area contributed by atoms with Gasteiger partial charge in [0.05, 0.1) is 0 Å². The van der Waals surface area contributed by atoms with Crippen LogP contribution in [0.15, 0.2) is 24.3 Å². The molecule has 2 N–H and O–H groups in total. The van der Waals surface area contributed by atoms with Gasteiger partial charge >= 0.3 is 0 Å². The highest BCUT2D eigenvalue weighted by molar-refractivity contribution is 8.01. The molecule has 3 rings (SSSR count). The molecule has 4 nitrogen and oxygen atoms in total. The van der Waals surface area contributed by atoms with Crippen LogP contribution in [0, 0.1) is 0 Å². The molecule has 21 heavy (non-hydrogen) atoms. The molecular formula is C15H22N2O2S2. The molecule has 0 radical (unpaired) electrons. The van der Waals surface area contributed by atoms with Crippen molar-refractivity contribution in [2.75, 3.05) is 23.8 Å². The van der Waals surface area contributed by atoms with E-state index in [1.807, 2.05) is 12.1 Å². The summed E-state index contributed by atoms with van der Waals surface area (Å²) in [5.41, 5.74) is 8.64. The molecule has 3 unspecified atom stereocenters. The Morgan fingerprint density at radius 3 is 2.76 bits per heavy atom. The number of rotatable bonds is 3. The first kappa shape index (κ1) is 15.3. The summed E-state index contributed by atoms with van der Waals surface area (Å²) in [6, 6.07) is 8.36. The minimum Gasteiger partial charge on any atom is -0.324 e. The highest BCUT2D eigenvalue weighted by Crippen LogP contribution is 2.43. The van der Waals surface area contributed by atoms with Crippen molar-refractivity contribution < 1.29 is 8.42 Å². The van der Waals surface area contributed by atoms with Crippen LogP contribution in [-0.2, 0) is 9.84 Å². The summed E-state index contributed by atoms with van der Waals surface area (Å²) in [7, 11) is -3.06. The lowest BCUT2D eigenvalue weighted by molar-refractivity contribution is 0.187. The van der Waals surface area contributed by atoms with E-state index in [9.17, 15) is 8.42 Å². The van der Waals surface area contributed by atoms with E-state index in [2.05, 4.69) is 17.0 Å². The Labute approximate surface area is 131 Å². The molecule has 6 heteroatoms. The van der Waals surface area contributed by atoms with Crippen molar-refractivity contribution in [3.8, 4) is 0 Å². The van der Waals surface area contributed by atoms with E-state index in [4.69, 9.17) is 5.73 Å². The van der Waals surface area contributed by atoms with Crippen LogP contribution in [-0.4, -0.2) is 42.5 Å². The van der Waals surface area contributed by atoms with E-state index in [1.165, 1.54) is 11.1 Å². The largest absolute Gasteiger partial charge is 0.324 e. The van der Waals surface area contributed by atoms with Crippen molar-refractivity contribution in [2.45, 2.75) is 30.8 Å². The van der Waals surface area contributed by atoms with Gasteiger partial charge in [-0.15, -0.1) is 0 Å². The number of sulfone groups is 1. The predicted molar refractivity (Wildman–Crippen MR) is 88.0 cm³/mol. The Hall–Kier alpha value is -0.560. The molecule has 1 aromatic carbocycles. The molecule has 1 saturated heterocycles. The fourth-order valence-electron chi connectivity index (χ4n) is 3.41. The first-order chi connectivity index (χ1) is 10.0. The van der Waals surface area contributed by atoms with Gasteiger partial charge in [-0.3, -0.25) is 4.90 Å². The topological polar surface area (TPSA) is 63.4 Å². The number of nitrogens with two attached hydrogens (primary N) is 1. The summed E-state index contributed by atoms with van der Waals surface area (Å²) >= 11 is 1.74. The zero-order valence-corrected chi connectivity index (χ0v) is 13.9. The molecule has 0 aromatic heterocycles. The summed E-state index contributed by atoms with van der Waals surface area (Å²) < 4.78 is 24.9. The maximum absolute atomic E-state index is 12.4. The van der Waals surface area contributed by atoms with E-state index >= 15 is 0 Å². The van der Waals surface area contributed by atoms with Gasteiger partial charge in [0.15, 0.2) is 9.84 Å². The van der Waals surface area contributed by atoms with E-state index in [-0.39, 0.29) is 23.2 Å². The van der Waals surface area contributed by atoms with Gasteiger partial charge in [-0.25, -0.2) is 8.42 Å². The Morgan fingerprint density at radius 1 is 1.33 bits per heavy atom. The van der Waals surface area contributed by atoms with Gasteiger partial charge in [0, 0.05) is 35.9 Å². The van der Waals surface area contributed by atoms with Crippen LogP contribution in [0.5, 0.6) is 0 Å². The van der Waals surface area contributed by atoms with E-state index < -0.39 is 9.84 Å². The van der Waals surface area contributed by atoms with Crippen LogP contribution in [0.3, 0.4) is 0 Å². The number of hydrogen-bond donors (Lipinski definition) is 1. The molecule has 0 bridgehead atoms. The van der Waals surface area contributed by atoms with Crippen LogP contribution in [0.1, 0.15) is 36.6 Å². The van der Waals surface area contributed by atoms with E-state index in [0.29, 0.717) is 5.75 Å². The minimum atomic E-state index is -3.06. The first-order valence-corrected chi connectivity index (χ1v) is 10.3. The fraction of sp³-hybridized carbons (Fsp3) is 0.600. The molecular weight excluding hydrogens is 304 g/mol. The third kappa shape index (κ3) is 2.74. The minimum absolute atomic E-state index is 0.0192. The maximum Gasteiger partial charge on any atom is 0.166 e. The molecule has 0 spiro atoms. The number of benzene rings is 1.